The Kier molecular flexibility index (Phi) is 12.1. The first kappa shape index (κ1) is 26.4. The number of benzene rings is 2. The van der Waals surface area contributed by atoms with Crippen LogP contribution in [-0.2, 0) is 26.7 Å². The number of carboxylic acid groups (broad SMARTS) is 2. The summed E-state index contributed by atoms with van der Waals surface area (Å²) in [6.45, 7) is -0.338. The monoisotopic (exact) mass is 433 g/mol. The van der Waals surface area contributed by atoms with Gasteiger partial charge in [0.05, 0.1) is 0 Å². The summed E-state index contributed by atoms with van der Waals surface area (Å²) in [5.41, 5.74) is -0.0947. The summed E-state index contributed by atoms with van der Waals surface area (Å²) < 4.78 is 0. The third kappa shape index (κ3) is 7.10. The molecule has 0 aliphatic heterocycles. The summed E-state index contributed by atoms with van der Waals surface area (Å²) in [5, 5.41) is 53.6. The Bertz CT molecular complexity index is 727. The predicted molar refractivity (Wildman–Crippen MR) is 83.7 cm³/mol. The van der Waals surface area contributed by atoms with Crippen molar-refractivity contribution < 1.29 is 76.6 Å². The van der Waals surface area contributed by atoms with E-state index in [0.29, 0.717) is 0 Å². The van der Waals surface area contributed by atoms with Gasteiger partial charge in [0, 0.05) is 11.9 Å². The smallest absolute Gasteiger partial charge is 0.872 e. The third-order valence-electron chi connectivity index (χ3n) is 3.60. The minimum absolute atomic E-state index is 0. The van der Waals surface area contributed by atoms with E-state index in [4.69, 9.17) is 0 Å². The number of carbonyl (C=O) groups is 2. The van der Waals surface area contributed by atoms with Crippen LogP contribution in [0.2, 0.25) is 0 Å². The number of hydrogen-bond acceptors (Lipinski definition) is 6. The first-order valence-electron chi connectivity index (χ1n) is 7.68. The number of carboxylic acids is 2. The van der Waals surface area contributed by atoms with E-state index in [-0.39, 0.29) is 70.8 Å². The fraction of sp³-hybridized carbons (Fsp3) is 0.222. The molecule has 10 heteroatoms. The molecular formula is C18H14FeN2NaO6. The number of para-hydroxylation sites is 2. The molecule has 0 amide bonds. The molecule has 0 heterocycles. The van der Waals surface area contributed by atoms with Gasteiger partial charge in [0.15, 0.2) is 0 Å². The van der Waals surface area contributed by atoms with Gasteiger partial charge in [-0.3, -0.25) is 0 Å². The van der Waals surface area contributed by atoms with E-state index >= 15 is 0 Å². The molecule has 2 unspecified atom stereocenters. The van der Waals surface area contributed by atoms with Crippen molar-refractivity contribution in [3.05, 3.63) is 70.3 Å². The van der Waals surface area contributed by atoms with Crippen molar-refractivity contribution in [2.45, 2.75) is 12.1 Å². The maximum Gasteiger partial charge on any atom is 5.00 e. The molecule has 0 saturated heterocycles. The molecule has 2 aromatic carbocycles. The van der Waals surface area contributed by atoms with Crippen LogP contribution < -0.4 is 50.0 Å². The molecule has 0 saturated carbocycles. The van der Waals surface area contributed by atoms with Gasteiger partial charge >= 0.3 is 46.6 Å². The largest absolute Gasteiger partial charge is 5.00 e. The number of aliphatic carboxylic acids is 2. The second-order valence-electron chi connectivity index (χ2n) is 5.33. The molecule has 8 nitrogen and oxygen atoms in total. The van der Waals surface area contributed by atoms with Gasteiger partial charge < -0.3 is 40.6 Å². The Labute approximate surface area is 194 Å². The second-order valence-corrected chi connectivity index (χ2v) is 5.33. The zero-order valence-corrected chi connectivity index (χ0v) is 18.0. The molecule has 0 aliphatic carbocycles. The average Bonchev–Trinajstić information content (AvgIpc) is 2.59. The van der Waals surface area contributed by atoms with Crippen molar-refractivity contribution in [2.24, 2.45) is 0 Å². The molecule has 2 rings (SSSR count). The zero-order valence-electron chi connectivity index (χ0n) is 14.9. The Hall–Kier alpha value is -1.58. The Morgan fingerprint density at radius 2 is 1.07 bits per heavy atom. The van der Waals surface area contributed by atoms with Gasteiger partial charge in [-0.05, 0) is 0 Å². The number of carbonyl (C=O) groups excluding carboxylic acids is 2. The normalized spacial score (nSPS) is 12.1. The van der Waals surface area contributed by atoms with Crippen LogP contribution in [0.4, 0.5) is 0 Å². The first-order chi connectivity index (χ1) is 12.4. The van der Waals surface area contributed by atoms with Crippen LogP contribution in [0.3, 0.4) is 0 Å². The Balaban J connectivity index is 0.00000364. The predicted octanol–water partition coefficient (Wildman–Crippen LogP) is -4.14. The van der Waals surface area contributed by atoms with Crippen molar-refractivity contribution in [2.75, 3.05) is 13.1 Å². The van der Waals surface area contributed by atoms with Crippen LogP contribution in [0.5, 0.6) is 11.5 Å². The summed E-state index contributed by atoms with van der Waals surface area (Å²) >= 11 is 0. The molecule has 2 atom stereocenters. The second kappa shape index (κ2) is 12.8. The number of nitrogens with zero attached hydrogens (tertiary/aromatic N) is 2. The maximum atomic E-state index is 11.7. The van der Waals surface area contributed by atoms with E-state index in [1.807, 2.05) is 0 Å². The number of rotatable bonds is 9. The van der Waals surface area contributed by atoms with Crippen LogP contribution in [0.25, 0.3) is 10.6 Å². The van der Waals surface area contributed by atoms with Crippen LogP contribution in [0.1, 0.15) is 23.2 Å². The molecule has 0 aliphatic rings. The molecule has 0 N–H and O–H groups in total. The van der Waals surface area contributed by atoms with E-state index in [2.05, 4.69) is 10.6 Å². The van der Waals surface area contributed by atoms with Gasteiger partial charge in [-0.25, -0.2) is 0 Å². The molecular weight excluding hydrogens is 419 g/mol. The Morgan fingerprint density at radius 1 is 0.750 bits per heavy atom. The summed E-state index contributed by atoms with van der Waals surface area (Å²) in [7, 11) is 0. The zero-order chi connectivity index (χ0) is 19.1. The van der Waals surface area contributed by atoms with E-state index < -0.39 is 35.5 Å². The van der Waals surface area contributed by atoms with Crippen LogP contribution in [0, 0.1) is 0 Å². The van der Waals surface area contributed by atoms with Gasteiger partial charge in [0.25, 0.3) is 0 Å². The molecule has 0 bridgehead atoms. The summed E-state index contributed by atoms with van der Waals surface area (Å²) in [4.78, 5) is 22.5. The summed E-state index contributed by atoms with van der Waals surface area (Å²) in [6.07, 6.45) is 0. The number of hydrogen-bond donors (Lipinski definition) is 0. The average molecular weight is 433 g/mol. The van der Waals surface area contributed by atoms with Gasteiger partial charge in [-0.2, -0.15) is 13.1 Å². The van der Waals surface area contributed by atoms with E-state index in [9.17, 15) is 30.0 Å². The van der Waals surface area contributed by atoms with Gasteiger partial charge in [-0.1, -0.05) is 71.7 Å². The quantitative estimate of drug-likeness (QED) is 0.289. The molecule has 2 aromatic rings. The van der Waals surface area contributed by atoms with Crippen molar-refractivity contribution in [1.29, 1.82) is 0 Å². The minimum Gasteiger partial charge on any atom is -0.872 e. The van der Waals surface area contributed by atoms with Crippen molar-refractivity contribution >= 4 is 11.9 Å². The van der Waals surface area contributed by atoms with Crippen LogP contribution >= 0.6 is 0 Å². The van der Waals surface area contributed by atoms with E-state index in [1.54, 1.807) is 0 Å². The van der Waals surface area contributed by atoms with Crippen LogP contribution in [-0.4, -0.2) is 25.0 Å². The van der Waals surface area contributed by atoms with Crippen molar-refractivity contribution in [3.8, 4) is 11.5 Å². The fourth-order valence-corrected chi connectivity index (χ4v) is 2.39. The minimum atomic E-state index is -1.55. The van der Waals surface area contributed by atoms with Gasteiger partial charge in [0.1, 0.15) is 0 Å². The standard InChI is InChI=1S/C18H18N2O6.Fe.Na/c21-13-7-3-1-5-11(13)15(17(23)24)19-9-10-20-16(18(25)26)12-6-2-4-8-14(12)22;;/h1-8,15-16,21-22H,9-10H2,(H,23,24)(H,25,26);;/q-2;+5;+1/p-4. The molecule has 0 spiro atoms. The summed E-state index contributed by atoms with van der Waals surface area (Å²) in [6, 6.07) is 8.08. The van der Waals surface area contributed by atoms with Crippen molar-refractivity contribution in [3.63, 3.8) is 0 Å². The van der Waals surface area contributed by atoms with Crippen LogP contribution in [0.15, 0.2) is 48.5 Å². The van der Waals surface area contributed by atoms with Gasteiger partial charge in [0.2, 0.25) is 0 Å². The fourth-order valence-electron chi connectivity index (χ4n) is 2.39. The summed E-state index contributed by atoms with van der Waals surface area (Å²) in [5.74, 6) is -4.07. The van der Waals surface area contributed by atoms with Crippen molar-refractivity contribution in [1.82, 2.24) is 0 Å². The molecule has 0 aromatic heterocycles. The van der Waals surface area contributed by atoms with E-state index in [0.717, 1.165) is 0 Å². The van der Waals surface area contributed by atoms with Gasteiger partial charge in [-0.15, -0.1) is 11.5 Å². The molecule has 0 fully saturated rings. The van der Waals surface area contributed by atoms with E-state index in [1.165, 1.54) is 48.5 Å². The topological polar surface area (TPSA) is 155 Å². The SMILES string of the molecule is O=C([O-])C([N-]CC[N-]C(C(=O)[O-])c1ccccc1[O-])c1ccccc1[O-].[Fe+5].[Na+]. The maximum absolute atomic E-state index is 11.7. The Morgan fingerprint density at radius 3 is 1.36 bits per heavy atom. The third-order valence-corrected chi connectivity index (χ3v) is 3.60. The molecule has 1 radical (unpaired) electrons. The first-order valence-corrected chi connectivity index (χ1v) is 7.68. The molecule has 141 valence electrons. The molecule has 28 heavy (non-hydrogen) atoms.